The van der Waals surface area contributed by atoms with Crippen LogP contribution >= 0.6 is 0 Å². The Labute approximate surface area is 134 Å². The smallest absolute Gasteiger partial charge is 0.0251 e. The molecule has 2 heteroatoms. The number of hydrogen-bond acceptors (Lipinski definition) is 2. The van der Waals surface area contributed by atoms with Gasteiger partial charge >= 0.3 is 0 Å². The summed E-state index contributed by atoms with van der Waals surface area (Å²) >= 11 is 0. The maximum Gasteiger partial charge on any atom is 0.0251 e. The molecule has 1 N–H and O–H groups in total. The molecular formula is C19H40N2. The molecule has 1 aliphatic rings. The van der Waals surface area contributed by atoms with E-state index in [0.29, 0.717) is 23.5 Å². The van der Waals surface area contributed by atoms with Gasteiger partial charge in [0.15, 0.2) is 0 Å². The second-order valence-corrected chi connectivity index (χ2v) is 7.90. The van der Waals surface area contributed by atoms with Crippen LogP contribution in [-0.2, 0) is 0 Å². The fourth-order valence-corrected chi connectivity index (χ4v) is 3.78. The number of rotatable bonds is 8. The van der Waals surface area contributed by atoms with Gasteiger partial charge in [-0.3, -0.25) is 4.90 Å². The Hall–Kier alpha value is -0.0800. The summed E-state index contributed by atoms with van der Waals surface area (Å²) in [5.74, 6) is 0.874. The molecule has 2 nitrogen and oxygen atoms in total. The summed E-state index contributed by atoms with van der Waals surface area (Å²) in [6.07, 6.45) is 7.88. The van der Waals surface area contributed by atoms with E-state index in [-0.39, 0.29) is 0 Å². The van der Waals surface area contributed by atoms with Gasteiger partial charge in [-0.15, -0.1) is 0 Å². The van der Waals surface area contributed by atoms with E-state index < -0.39 is 0 Å². The first-order valence-electron chi connectivity index (χ1n) is 9.32. The molecule has 0 aromatic heterocycles. The van der Waals surface area contributed by atoms with Gasteiger partial charge in [0.25, 0.3) is 0 Å². The third-order valence-corrected chi connectivity index (χ3v) is 6.30. The lowest BCUT2D eigenvalue weighted by atomic mass is 9.67. The zero-order valence-electron chi connectivity index (χ0n) is 15.7. The van der Waals surface area contributed by atoms with Crippen LogP contribution in [0, 0.1) is 11.3 Å². The van der Waals surface area contributed by atoms with E-state index in [2.05, 4.69) is 58.8 Å². The monoisotopic (exact) mass is 296 g/mol. The van der Waals surface area contributed by atoms with Crippen molar-refractivity contribution < 1.29 is 0 Å². The highest BCUT2D eigenvalue weighted by atomic mass is 15.2. The average molecular weight is 297 g/mol. The highest BCUT2D eigenvalue weighted by Gasteiger charge is 2.39. The quantitative estimate of drug-likeness (QED) is 0.699. The van der Waals surface area contributed by atoms with Crippen LogP contribution < -0.4 is 5.32 Å². The Morgan fingerprint density at radius 3 is 2.38 bits per heavy atom. The minimum atomic E-state index is 0.490. The molecule has 4 atom stereocenters. The van der Waals surface area contributed by atoms with Crippen LogP contribution in [0.3, 0.4) is 0 Å². The van der Waals surface area contributed by atoms with Gasteiger partial charge in [0.2, 0.25) is 0 Å². The van der Waals surface area contributed by atoms with Crippen LogP contribution in [0.1, 0.15) is 80.1 Å². The highest BCUT2D eigenvalue weighted by molar-refractivity contribution is 4.95. The van der Waals surface area contributed by atoms with Crippen molar-refractivity contribution in [1.29, 1.82) is 0 Å². The lowest BCUT2D eigenvalue weighted by molar-refractivity contribution is 0.0448. The minimum Gasteiger partial charge on any atom is -0.312 e. The van der Waals surface area contributed by atoms with Crippen molar-refractivity contribution in [1.82, 2.24) is 10.2 Å². The molecular weight excluding hydrogens is 256 g/mol. The molecule has 21 heavy (non-hydrogen) atoms. The Morgan fingerprint density at radius 1 is 1.19 bits per heavy atom. The van der Waals surface area contributed by atoms with Gasteiger partial charge in [-0.05, 0) is 64.0 Å². The van der Waals surface area contributed by atoms with Gasteiger partial charge in [0.1, 0.15) is 0 Å². The Kier molecular flexibility index (Phi) is 7.70. The number of likely N-dealkylation sites (N-methyl/N-ethyl adjacent to an activating group) is 1. The lowest BCUT2D eigenvalue weighted by Gasteiger charge is -2.47. The Balaban J connectivity index is 2.80. The summed E-state index contributed by atoms with van der Waals surface area (Å²) in [6, 6.07) is 2.08. The topological polar surface area (TPSA) is 15.3 Å². The number of nitrogens with zero attached hydrogens (tertiary/aromatic N) is 1. The molecule has 1 aliphatic carbocycles. The summed E-state index contributed by atoms with van der Waals surface area (Å²) in [5.41, 5.74) is 0.490. The number of nitrogens with one attached hydrogen (secondary N) is 1. The van der Waals surface area contributed by atoms with Gasteiger partial charge in [-0.25, -0.2) is 0 Å². The summed E-state index contributed by atoms with van der Waals surface area (Å²) in [4.78, 5) is 2.66. The molecule has 1 fully saturated rings. The normalized spacial score (nSPS) is 28.9. The van der Waals surface area contributed by atoms with Crippen molar-refractivity contribution in [3.8, 4) is 0 Å². The predicted octanol–water partition coefficient (Wildman–Crippen LogP) is 4.69. The van der Waals surface area contributed by atoms with E-state index in [1.807, 2.05) is 0 Å². The Bertz CT molecular complexity index is 287. The van der Waals surface area contributed by atoms with E-state index in [1.165, 1.54) is 38.5 Å². The molecule has 0 heterocycles. The van der Waals surface area contributed by atoms with Gasteiger partial charge in [-0.2, -0.15) is 0 Å². The highest BCUT2D eigenvalue weighted by Crippen LogP contribution is 2.41. The number of hydrogen-bond donors (Lipinski definition) is 1. The zero-order chi connectivity index (χ0) is 16.0. The van der Waals surface area contributed by atoms with Crippen molar-refractivity contribution in [3.63, 3.8) is 0 Å². The molecule has 0 aromatic carbocycles. The van der Waals surface area contributed by atoms with E-state index in [0.717, 1.165) is 12.5 Å². The summed E-state index contributed by atoms with van der Waals surface area (Å²) in [6.45, 7) is 15.4. The van der Waals surface area contributed by atoms with Crippen molar-refractivity contribution in [2.24, 2.45) is 11.3 Å². The van der Waals surface area contributed by atoms with Crippen molar-refractivity contribution in [3.05, 3.63) is 0 Å². The van der Waals surface area contributed by atoms with Crippen LogP contribution in [0.2, 0.25) is 0 Å². The Morgan fingerprint density at radius 2 is 1.86 bits per heavy atom. The molecule has 0 spiro atoms. The summed E-state index contributed by atoms with van der Waals surface area (Å²) in [7, 11) is 2.35. The standard InChI is InChI=1S/C19H40N2/c1-8-13-20-17-12-11-16(19(5,6)10-3)14-18(17)21(7)15(4)9-2/h15-18,20H,8-14H2,1-7H3. The fraction of sp³-hybridized carbons (Fsp3) is 1.00. The van der Waals surface area contributed by atoms with Gasteiger partial charge in [0.05, 0.1) is 0 Å². The maximum atomic E-state index is 3.83. The second kappa shape index (κ2) is 8.53. The van der Waals surface area contributed by atoms with Crippen molar-refractivity contribution in [2.45, 2.75) is 98.2 Å². The largest absolute Gasteiger partial charge is 0.312 e. The maximum absolute atomic E-state index is 3.83. The minimum absolute atomic E-state index is 0.490. The van der Waals surface area contributed by atoms with E-state index >= 15 is 0 Å². The molecule has 126 valence electrons. The molecule has 0 aromatic rings. The van der Waals surface area contributed by atoms with Crippen LogP contribution in [0.4, 0.5) is 0 Å². The third-order valence-electron chi connectivity index (χ3n) is 6.30. The molecule has 4 unspecified atom stereocenters. The predicted molar refractivity (Wildman–Crippen MR) is 94.8 cm³/mol. The first kappa shape index (κ1) is 19.0. The molecule has 0 amide bonds. The molecule has 0 saturated heterocycles. The van der Waals surface area contributed by atoms with E-state index in [9.17, 15) is 0 Å². The molecule has 1 rings (SSSR count). The van der Waals surface area contributed by atoms with Crippen LogP contribution in [-0.4, -0.2) is 36.6 Å². The molecule has 0 radical (unpaired) electrons. The zero-order valence-corrected chi connectivity index (χ0v) is 15.7. The van der Waals surface area contributed by atoms with Crippen LogP contribution in [0.5, 0.6) is 0 Å². The van der Waals surface area contributed by atoms with E-state index in [4.69, 9.17) is 0 Å². The van der Waals surface area contributed by atoms with Gasteiger partial charge in [-0.1, -0.05) is 41.0 Å². The molecule has 1 saturated carbocycles. The first-order chi connectivity index (χ1) is 9.87. The van der Waals surface area contributed by atoms with Crippen LogP contribution in [0.15, 0.2) is 0 Å². The third kappa shape index (κ3) is 4.96. The molecule has 0 aliphatic heterocycles. The fourth-order valence-electron chi connectivity index (χ4n) is 3.78. The average Bonchev–Trinajstić information content (AvgIpc) is 2.51. The summed E-state index contributed by atoms with van der Waals surface area (Å²) < 4.78 is 0. The SMILES string of the molecule is CCCNC1CCC(C(C)(C)CC)CC1N(C)C(C)CC. The lowest BCUT2D eigenvalue weighted by Crippen LogP contribution is -2.55. The van der Waals surface area contributed by atoms with Gasteiger partial charge < -0.3 is 5.32 Å². The summed E-state index contributed by atoms with van der Waals surface area (Å²) in [5, 5.41) is 3.83. The first-order valence-corrected chi connectivity index (χ1v) is 9.32. The van der Waals surface area contributed by atoms with Crippen LogP contribution in [0.25, 0.3) is 0 Å². The molecule has 0 bridgehead atoms. The van der Waals surface area contributed by atoms with Crippen molar-refractivity contribution in [2.75, 3.05) is 13.6 Å². The van der Waals surface area contributed by atoms with Gasteiger partial charge in [0, 0.05) is 18.1 Å². The second-order valence-electron chi connectivity index (χ2n) is 7.90. The van der Waals surface area contributed by atoms with Crippen molar-refractivity contribution >= 4 is 0 Å². The van der Waals surface area contributed by atoms with E-state index in [1.54, 1.807) is 0 Å².